The van der Waals surface area contributed by atoms with Crippen LogP contribution in [0.4, 0.5) is 11.5 Å². The largest absolute Gasteiger partial charge is 0.383 e. The molecular weight excluding hydrogens is 472 g/mol. The van der Waals surface area contributed by atoms with E-state index in [1.807, 2.05) is 6.92 Å². The Balaban J connectivity index is 1.37. The zero-order valence-corrected chi connectivity index (χ0v) is 22.0. The number of carbonyl (C=O) groups is 2. The summed E-state index contributed by atoms with van der Waals surface area (Å²) in [5, 5.41) is 3.93. The number of fused-ring (bicyclic) bond motifs is 1. The summed E-state index contributed by atoms with van der Waals surface area (Å²) in [5.41, 5.74) is 9.23. The zero-order valence-electron chi connectivity index (χ0n) is 21.2. The van der Waals surface area contributed by atoms with Crippen molar-refractivity contribution in [1.82, 2.24) is 19.8 Å². The Morgan fingerprint density at radius 1 is 1.19 bits per heavy atom. The molecule has 1 aromatic carbocycles. The lowest BCUT2D eigenvalue weighted by molar-refractivity contribution is -0.146. The molecule has 9 heteroatoms. The van der Waals surface area contributed by atoms with E-state index < -0.39 is 11.8 Å². The van der Waals surface area contributed by atoms with Gasteiger partial charge in [-0.3, -0.25) is 9.59 Å². The Kier molecular flexibility index (Phi) is 6.94. The number of benzene rings is 1. The van der Waals surface area contributed by atoms with Crippen molar-refractivity contribution < 1.29 is 9.59 Å². The average molecular weight is 507 g/mol. The number of nitrogens with two attached hydrogens (primary N) is 1. The first-order valence-electron chi connectivity index (χ1n) is 12.8. The second-order valence-corrected chi connectivity index (χ2v) is 11.3. The van der Waals surface area contributed by atoms with E-state index in [1.165, 1.54) is 15.9 Å². The molecule has 4 heterocycles. The van der Waals surface area contributed by atoms with Crippen LogP contribution < -0.4 is 11.1 Å². The van der Waals surface area contributed by atoms with Crippen LogP contribution in [0.2, 0.25) is 0 Å². The van der Waals surface area contributed by atoms with E-state index in [-0.39, 0.29) is 6.04 Å². The second-order valence-electron chi connectivity index (χ2n) is 10.3. The first kappa shape index (κ1) is 24.6. The predicted molar refractivity (Wildman–Crippen MR) is 144 cm³/mol. The molecule has 2 amide bonds. The van der Waals surface area contributed by atoms with Crippen molar-refractivity contribution in [2.45, 2.75) is 51.5 Å². The number of rotatable bonds is 4. The van der Waals surface area contributed by atoms with Gasteiger partial charge in [0.25, 0.3) is 0 Å². The van der Waals surface area contributed by atoms with E-state index in [1.54, 1.807) is 22.3 Å². The van der Waals surface area contributed by atoms with E-state index in [2.05, 4.69) is 47.4 Å². The minimum atomic E-state index is -0.648. The Labute approximate surface area is 215 Å². The van der Waals surface area contributed by atoms with Gasteiger partial charge in [-0.15, -0.1) is 11.3 Å². The fourth-order valence-electron chi connectivity index (χ4n) is 5.39. The van der Waals surface area contributed by atoms with Crippen LogP contribution in [0.15, 0.2) is 30.5 Å². The van der Waals surface area contributed by atoms with Crippen molar-refractivity contribution in [3.8, 4) is 0 Å². The summed E-state index contributed by atoms with van der Waals surface area (Å²) in [4.78, 5) is 39.6. The zero-order chi connectivity index (χ0) is 25.4. The van der Waals surface area contributed by atoms with E-state index in [4.69, 9.17) is 10.7 Å². The van der Waals surface area contributed by atoms with Gasteiger partial charge in [0.05, 0.1) is 33.2 Å². The summed E-state index contributed by atoms with van der Waals surface area (Å²) in [6.45, 7) is 6.80. The van der Waals surface area contributed by atoms with Gasteiger partial charge in [0.1, 0.15) is 5.82 Å². The number of nitrogen functional groups attached to an aromatic ring is 1. The fourth-order valence-corrected chi connectivity index (χ4v) is 6.47. The molecule has 3 aromatic rings. The molecule has 190 valence electrons. The Morgan fingerprint density at radius 2 is 2.03 bits per heavy atom. The van der Waals surface area contributed by atoms with Crippen LogP contribution in [0.5, 0.6) is 0 Å². The van der Waals surface area contributed by atoms with Gasteiger partial charge >= 0.3 is 11.8 Å². The molecule has 0 saturated carbocycles. The number of nitrogens with zero attached hydrogens (tertiary/aromatic N) is 4. The first-order valence-corrected chi connectivity index (χ1v) is 13.6. The fraction of sp³-hybridized carbons (Fsp3) is 0.481. The minimum Gasteiger partial charge on any atom is -0.383 e. The number of carbonyl (C=O) groups excluding carboxylic acids is 2. The molecule has 2 aliphatic rings. The summed E-state index contributed by atoms with van der Waals surface area (Å²) in [6.07, 6.45) is 5.16. The van der Waals surface area contributed by atoms with Crippen molar-refractivity contribution in [3.05, 3.63) is 46.6 Å². The van der Waals surface area contributed by atoms with Gasteiger partial charge in [-0.25, -0.2) is 9.97 Å². The number of nitrogens with one attached hydrogen (secondary N) is 1. The van der Waals surface area contributed by atoms with Crippen LogP contribution in [0.3, 0.4) is 0 Å². The van der Waals surface area contributed by atoms with Crippen LogP contribution in [0.1, 0.15) is 61.2 Å². The normalized spacial score (nSPS) is 22.8. The predicted octanol–water partition coefficient (Wildman–Crippen LogP) is 4.19. The van der Waals surface area contributed by atoms with Crippen LogP contribution in [-0.4, -0.2) is 58.3 Å². The van der Waals surface area contributed by atoms with E-state index >= 15 is 0 Å². The molecule has 2 aliphatic heterocycles. The number of aromatic nitrogens is 2. The molecule has 0 unspecified atom stereocenters. The third-order valence-electron chi connectivity index (χ3n) is 7.47. The lowest BCUT2D eigenvalue weighted by Gasteiger charge is -2.38. The van der Waals surface area contributed by atoms with Crippen LogP contribution in [0, 0.1) is 5.92 Å². The number of hydrogen-bond acceptors (Lipinski definition) is 7. The molecule has 0 aliphatic carbocycles. The summed E-state index contributed by atoms with van der Waals surface area (Å²) in [5.74, 6) is 0.0907. The molecule has 0 radical (unpaired) electrons. The standard InChI is InChI=1S/C27H34N6O2S/c1-4-17-11-20(13-29-24(17)28)30-25(34)27(35)33-14-16(2)5-7-22(33)18-6-8-23-21(12-18)31-26(36-23)19-9-10-32(3)15-19/h6,8,11-13,16,19,22H,4-5,7,9-10,14-15H2,1-3H3,(H2,28,29)(H,30,34)/t16-,19+,22+/m0/s1. The topological polar surface area (TPSA) is 104 Å². The molecule has 2 aromatic heterocycles. The Hall–Kier alpha value is -3.04. The van der Waals surface area contributed by atoms with E-state index in [9.17, 15) is 9.59 Å². The van der Waals surface area contributed by atoms with Gasteiger partial charge < -0.3 is 20.9 Å². The molecule has 5 rings (SSSR count). The van der Waals surface area contributed by atoms with Gasteiger partial charge in [-0.2, -0.15) is 0 Å². The van der Waals surface area contributed by atoms with Crippen LogP contribution in [0.25, 0.3) is 10.2 Å². The van der Waals surface area contributed by atoms with Gasteiger partial charge in [0, 0.05) is 19.0 Å². The van der Waals surface area contributed by atoms with Gasteiger partial charge in [0.2, 0.25) is 0 Å². The van der Waals surface area contributed by atoms with E-state index in [0.29, 0.717) is 36.3 Å². The Bertz CT molecular complexity index is 1290. The SMILES string of the molecule is CCc1cc(NC(=O)C(=O)N2C[C@@H](C)CC[C@@H]2c2ccc3sc([C@@H]4CCN(C)C4)nc3c2)cnc1N. The number of pyridine rings is 1. The molecular formula is C27H34N6O2S. The monoisotopic (exact) mass is 506 g/mol. The molecule has 3 atom stereocenters. The summed E-state index contributed by atoms with van der Waals surface area (Å²) in [7, 11) is 2.16. The first-order chi connectivity index (χ1) is 17.3. The third kappa shape index (κ3) is 4.95. The number of thiazole rings is 1. The van der Waals surface area contributed by atoms with Crippen LogP contribution in [-0.2, 0) is 16.0 Å². The average Bonchev–Trinajstić information content (AvgIpc) is 3.50. The molecule has 2 saturated heterocycles. The highest BCUT2D eigenvalue weighted by Gasteiger charge is 2.34. The molecule has 8 nitrogen and oxygen atoms in total. The number of anilines is 2. The maximum Gasteiger partial charge on any atom is 0.313 e. The highest BCUT2D eigenvalue weighted by atomic mass is 32.1. The molecule has 36 heavy (non-hydrogen) atoms. The summed E-state index contributed by atoms with van der Waals surface area (Å²) < 4.78 is 1.17. The maximum atomic E-state index is 13.4. The van der Waals surface area contributed by atoms with Gasteiger partial charge in [-0.05, 0) is 74.5 Å². The lowest BCUT2D eigenvalue weighted by atomic mass is 9.89. The minimum absolute atomic E-state index is 0.151. The summed E-state index contributed by atoms with van der Waals surface area (Å²) in [6, 6.07) is 7.96. The molecule has 0 spiro atoms. The van der Waals surface area contributed by atoms with Crippen molar-refractivity contribution in [1.29, 1.82) is 0 Å². The maximum absolute atomic E-state index is 13.4. The van der Waals surface area contributed by atoms with Crippen LogP contribution >= 0.6 is 11.3 Å². The smallest absolute Gasteiger partial charge is 0.313 e. The number of piperidine rings is 1. The van der Waals surface area contributed by atoms with Crippen molar-refractivity contribution in [2.75, 3.05) is 37.7 Å². The number of aryl methyl sites for hydroxylation is 1. The van der Waals surface area contributed by atoms with Gasteiger partial charge in [0.15, 0.2) is 0 Å². The van der Waals surface area contributed by atoms with Gasteiger partial charge in [-0.1, -0.05) is 19.9 Å². The lowest BCUT2D eigenvalue weighted by Crippen LogP contribution is -2.46. The number of likely N-dealkylation sites (tertiary alicyclic amines) is 2. The highest BCUT2D eigenvalue weighted by Crippen LogP contribution is 2.37. The van der Waals surface area contributed by atoms with Crippen molar-refractivity contribution in [2.24, 2.45) is 5.92 Å². The van der Waals surface area contributed by atoms with Crippen molar-refractivity contribution >= 4 is 44.9 Å². The number of amides is 2. The third-order valence-corrected chi connectivity index (χ3v) is 8.67. The highest BCUT2D eigenvalue weighted by molar-refractivity contribution is 7.18. The molecule has 3 N–H and O–H groups in total. The number of hydrogen-bond donors (Lipinski definition) is 2. The summed E-state index contributed by atoms with van der Waals surface area (Å²) >= 11 is 1.77. The van der Waals surface area contributed by atoms with E-state index in [0.717, 1.165) is 49.0 Å². The number of likely N-dealkylation sites (N-methyl/N-ethyl adjacent to an activating group) is 1. The quantitative estimate of drug-likeness (QED) is 0.514. The molecule has 0 bridgehead atoms. The second kappa shape index (κ2) is 10.1. The molecule has 2 fully saturated rings. The van der Waals surface area contributed by atoms with Crippen molar-refractivity contribution in [3.63, 3.8) is 0 Å². The Morgan fingerprint density at radius 3 is 2.78 bits per heavy atom.